The van der Waals surface area contributed by atoms with Crippen LogP contribution in [-0.2, 0) is 4.79 Å². The van der Waals surface area contributed by atoms with Crippen molar-refractivity contribution in [2.45, 2.75) is 12.8 Å². The molecular formula is C19H17Cl2N3O2. The number of hydrogen-bond donors (Lipinski definition) is 2. The van der Waals surface area contributed by atoms with E-state index in [9.17, 15) is 4.79 Å². The van der Waals surface area contributed by atoms with Crippen molar-refractivity contribution >= 4 is 46.2 Å². The lowest BCUT2D eigenvalue weighted by Crippen LogP contribution is -2.18. The van der Waals surface area contributed by atoms with Gasteiger partial charge in [-0.3, -0.25) is 4.79 Å². The van der Waals surface area contributed by atoms with E-state index >= 15 is 0 Å². The number of benzene rings is 2. The van der Waals surface area contributed by atoms with Crippen LogP contribution in [0.2, 0.25) is 10.0 Å². The molecule has 134 valence electrons. The Morgan fingerprint density at radius 3 is 2.92 bits per heavy atom. The van der Waals surface area contributed by atoms with E-state index in [0.717, 1.165) is 16.5 Å². The number of carbonyl (C=O) groups is 1. The molecule has 1 amide bonds. The fourth-order valence-corrected chi connectivity index (χ4v) is 2.90. The SMILES string of the molecule is O=C(CCCOc1ccc(Cl)cc1Cl)NN=Cc1c[nH]c2ccccc12. The Morgan fingerprint density at radius 1 is 1.23 bits per heavy atom. The Morgan fingerprint density at radius 2 is 2.08 bits per heavy atom. The number of nitrogens with one attached hydrogen (secondary N) is 2. The summed E-state index contributed by atoms with van der Waals surface area (Å²) < 4.78 is 5.54. The number of fused-ring (bicyclic) bond motifs is 1. The van der Waals surface area contributed by atoms with E-state index in [1.165, 1.54) is 0 Å². The fraction of sp³-hybridized carbons (Fsp3) is 0.158. The van der Waals surface area contributed by atoms with Gasteiger partial charge < -0.3 is 9.72 Å². The average molecular weight is 390 g/mol. The number of ether oxygens (including phenoxy) is 1. The molecule has 0 aliphatic heterocycles. The lowest BCUT2D eigenvalue weighted by molar-refractivity contribution is -0.121. The zero-order chi connectivity index (χ0) is 18.4. The third-order valence-electron chi connectivity index (χ3n) is 3.71. The molecule has 2 N–H and O–H groups in total. The molecule has 0 saturated heterocycles. The van der Waals surface area contributed by atoms with Crippen LogP contribution >= 0.6 is 23.2 Å². The van der Waals surface area contributed by atoms with Gasteiger partial charge in [-0.05, 0) is 30.7 Å². The number of hydrazone groups is 1. The van der Waals surface area contributed by atoms with E-state index in [2.05, 4.69) is 15.5 Å². The van der Waals surface area contributed by atoms with Crippen molar-refractivity contribution in [3.63, 3.8) is 0 Å². The van der Waals surface area contributed by atoms with Gasteiger partial charge in [0.1, 0.15) is 5.75 Å². The van der Waals surface area contributed by atoms with Gasteiger partial charge in [-0.25, -0.2) is 5.43 Å². The molecule has 26 heavy (non-hydrogen) atoms. The first-order valence-electron chi connectivity index (χ1n) is 8.09. The van der Waals surface area contributed by atoms with Crippen LogP contribution < -0.4 is 10.2 Å². The molecule has 3 rings (SSSR count). The smallest absolute Gasteiger partial charge is 0.240 e. The van der Waals surface area contributed by atoms with Crippen LogP contribution in [0.25, 0.3) is 10.9 Å². The fourth-order valence-electron chi connectivity index (χ4n) is 2.44. The van der Waals surface area contributed by atoms with Crippen molar-refractivity contribution in [1.82, 2.24) is 10.4 Å². The van der Waals surface area contributed by atoms with Crippen molar-refractivity contribution in [2.24, 2.45) is 5.10 Å². The molecule has 7 heteroatoms. The summed E-state index contributed by atoms with van der Waals surface area (Å²) in [6.45, 7) is 0.376. The lowest BCUT2D eigenvalue weighted by atomic mass is 10.2. The summed E-state index contributed by atoms with van der Waals surface area (Å²) in [6, 6.07) is 12.9. The molecule has 0 aliphatic carbocycles. The number of nitrogens with zero attached hydrogens (tertiary/aromatic N) is 1. The number of para-hydroxylation sites is 1. The third-order valence-corrected chi connectivity index (χ3v) is 4.24. The number of rotatable bonds is 7. The van der Waals surface area contributed by atoms with E-state index in [4.69, 9.17) is 27.9 Å². The van der Waals surface area contributed by atoms with Gasteiger partial charge in [0.2, 0.25) is 5.91 Å². The van der Waals surface area contributed by atoms with Crippen molar-refractivity contribution in [2.75, 3.05) is 6.61 Å². The first-order valence-corrected chi connectivity index (χ1v) is 8.85. The predicted molar refractivity (Wildman–Crippen MR) is 105 cm³/mol. The van der Waals surface area contributed by atoms with E-state index in [1.807, 2.05) is 30.5 Å². The molecule has 5 nitrogen and oxygen atoms in total. The van der Waals surface area contributed by atoms with Crippen molar-refractivity contribution in [1.29, 1.82) is 0 Å². The van der Waals surface area contributed by atoms with Gasteiger partial charge in [0.15, 0.2) is 0 Å². The van der Waals surface area contributed by atoms with E-state index < -0.39 is 0 Å². The summed E-state index contributed by atoms with van der Waals surface area (Å²) in [5, 5.41) is 6.06. The van der Waals surface area contributed by atoms with E-state index in [1.54, 1.807) is 24.4 Å². The van der Waals surface area contributed by atoms with Gasteiger partial charge in [-0.15, -0.1) is 0 Å². The molecule has 0 saturated carbocycles. The second kappa shape index (κ2) is 8.74. The van der Waals surface area contributed by atoms with E-state index in [0.29, 0.717) is 35.2 Å². The molecule has 0 aliphatic rings. The maximum Gasteiger partial charge on any atom is 0.240 e. The van der Waals surface area contributed by atoms with Gasteiger partial charge in [-0.2, -0.15) is 5.10 Å². The predicted octanol–water partition coefficient (Wildman–Crippen LogP) is 4.78. The van der Waals surface area contributed by atoms with Crippen LogP contribution in [0.3, 0.4) is 0 Å². The molecular weight excluding hydrogens is 373 g/mol. The monoisotopic (exact) mass is 389 g/mol. The Labute approximate surface area is 161 Å². The van der Waals surface area contributed by atoms with Gasteiger partial charge in [0.25, 0.3) is 0 Å². The van der Waals surface area contributed by atoms with Crippen LogP contribution in [0.4, 0.5) is 0 Å². The maximum atomic E-state index is 11.8. The van der Waals surface area contributed by atoms with E-state index in [-0.39, 0.29) is 5.91 Å². The number of hydrogen-bond acceptors (Lipinski definition) is 3. The number of amides is 1. The number of carbonyl (C=O) groups excluding carboxylic acids is 1. The minimum Gasteiger partial charge on any atom is -0.492 e. The van der Waals surface area contributed by atoms with Crippen LogP contribution in [-0.4, -0.2) is 23.7 Å². The highest BCUT2D eigenvalue weighted by atomic mass is 35.5. The second-order valence-electron chi connectivity index (χ2n) is 5.61. The topological polar surface area (TPSA) is 66.5 Å². The Hall–Kier alpha value is -2.50. The van der Waals surface area contributed by atoms with Gasteiger partial charge in [-0.1, -0.05) is 41.4 Å². The Kier molecular flexibility index (Phi) is 6.15. The summed E-state index contributed by atoms with van der Waals surface area (Å²) in [5.41, 5.74) is 4.47. The van der Waals surface area contributed by atoms with Crippen LogP contribution in [0.15, 0.2) is 53.8 Å². The molecule has 0 spiro atoms. The largest absolute Gasteiger partial charge is 0.492 e. The molecule has 0 fully saturated rings. The minimum atomic E-state index is -0.174. The summed E-state index contributed by atoms with van der Waals surface area (Å²) >= 11 is 11.8. The van der Waals surface area contributed by atoms with Crippen LogP contribution in [0, 0.1) is 0 Å². The average Bonchev–Trinajstić information content (AvgIpc) is 3.03. The molecule has 0 atom stereocenters. The first-order chi connectivity index (χ1) is 12.6. The summed E-state index contributed by atoms with van der Waals surface area (Å²) in [6.07, 6.45) is 4.33. The third kappa shape index (κ3) is 4.77. The quantitative estimate of drug-likeness (QED) is 0.346. The highest BCUT2D eigenvalue weighted by Gasteiger charge is 2.04. The summed E-state index contributed by atoms with van der Waals surface area (Å²) in [4.78, 5) is 15.0. The molecule has 2 aromatic carbocycles. The number of H-pyrrole nitrogens is 1. The number of halogens is 2. The minimum absolute atomic E-state index is 0.174. The van der Waals surface area contributed by atoms with Crippen molar-refractivity contribution in [3.05, 3.63) is 64.3 Å². The highest BCUT2D eigenvalue weighted by molar-refractivity contribution is 6.35. The standard InChI is InChI=1S/C19H17Cl2N3O2/c20-14-7-8-18(16(21)10-14)26-9-3-6-19(25)24-23-12-13-11-22-17-5-2-1-4-15(13)17/h1-2,4-5,7-8,10-12,22H,3,6,9H2,(H,24,25). The molecule has 0 radical (unpaired) electrons. The van der Waals surface area contributed by atoms with Gasteiger partial charge in [0, 0.05) is 34.1 Å². The first kappa shape index (κ1) is 18.3. The second-order valence-corrected chi connectivity index (χ2v) is 6.45. The lowest BCUT2D eigenvalue weighted by Gasteiger charge is -2.07. The summed E-state index contributed by atoms with van der Waals surface area (Å²) in [5.74, 6) is 0.376. The summed E-state index contributed by atoms with van der Waals surface area (Å²) in [7, 11) is 0. The van der Waals surface area contributed by atoms with Crippen LogP contribution in [0.1, 0.15) is 18.4 Å². The Balaban J connectivity index is 1.41. The normalized spacial score (nSPS) is 11.2. The maximum absolute atomic E-state index is 11.8. The highest BCUT2D eigenvalue weighted by Crippen LogP contribution is 2.27. The molecule has 0 bridgehead atoms. The number of aromatic amines is 1. The van der Waals surface area contributed by atoms with Crippen molar-refractivity contribution in [3.8, 4) is 5.75 Å². The van der Waals surface area contributed by atoms with Crippen molar-refractivity contribution < 1.29 is 9.53 Å². The molecule has 0 unspecified atom stereocenters. The van der Waals surface area contributed by atoms with Gasteiger partial charge in [0.05, 0.1) is 17.8 Å². The van der Waals surface area contributed by atoms with Gasteiger partial charge >= 0.3 is 0 Å². The molecule has 1 heterocycles. The zero-order valence-electron chi connectivity index (χ0n) is 13.8. The number of aromatic nitrogens is 1. The Bertz CT molecular complexity index is 937. The molecule has 1 aromatic heterocycles. The van der Waals surface area contributed by atoms with Crippen LogP contribution in [0.5, 0.6) is 5.75 Å². The molecule has 3 aromatic rings. The zero-order valence-corrected chi connectivity index (χ0v) is 15.3.